The molecule has 1 amide bonds. The SMILES string of the molecule is C=CC(N)=O.CC(O)C(=O)O.Cc1cc2ccccc2[nH]1. The summed E-state index contributed by atoms with van der Waals surface area (Å²) < 4.78 is 0. The second-order valence-electron chi connectivity index (χ2n) is 4.16. The lowest BCUT2D eigenvalue weighted by Crippen LogP contribution is -2.13. The van der Waals surface area contributed by atoms with E-state index >= 15 is 0 Å². The van der Waals surface area contributed by atoms with E-state index in [4.69, 9.17) is 10.2 Å². The number of carboxylic acid groups (broad SMARTS) is 1. The molecule has 1 aromatic carbocycles. The zero-order chi connectivity index (χ0) is 16.4. The van der Waals surface area contributed by atoms with Crippen LogP contribution in [0, 0.1) is 6.92 Å². The van der Waals surface area contributed by atoms with E-state index in [2.05, 4.69) is 48.5 Å². The molecule has 21 heavy (non-hydrogen) atoms. The number of amides is 1. The minimum absolute atomic E-state index is 0.481. The van der Waals surface area contributed by atoms with Crippen LogP contribution < -0.4 is 5.73 Å². The molecule has 2 rings (SSSR count). The summed E-state index contributed by atoms with van der Waals surface area (Å²) in [4.78, 5) is 22.2. The third-order valence-corrected chi connectivity index (χ3v) is 2.22. The van der Waals surface area contributed by atoms with Gasteiger partial charge in [-0.05, 0) is 37.4 Å². The van der Waals surface area contributed by atoms with Gasteiger partial charge in [0, 0.05) is 11.2 Å². The molecule has 0 spiro atoms. The molecule has 2 aromatic rings. The molecule has 6 nitrogen and oxygen atoms in total. The first kappa shape index (κ1) is 18.4. The Hall–Kier alpha value is -2.60. The molecule has 1 atom stereocenters. The fraction of sp³-hybridized carbons (Fsp3) is 0.200. The average Bonchev–Trinajstić information content (AvgIpc) is 2.79. The van der Waals surface area contributed by atoms with Crippen molar-refractivity contribution in [3.8, 4) is 0 Å². The van der Waals surface area contributed by atoms with Gasteiger partial charge < -0.3 is 20.9 Å². The number of hydrogen-bond donors (Lipinski definition) is 4. The fourth-order valence-electron chi connectivity index (χ4n) is 1.22. The second kappa shape index (κ2) is 9.33. The number of primary amides is 1. The number of carboxylic acids is 1. The van der Waals surface area contributed by atoms with Crippen molar-refractivity contribution in [1.82, 2.24) is 4.98 Å². The number of aliphatic hydroxyl groups is 1. The lowest BCUT2D eigenvalue weighted by Gasteiger charge is -1.89. The van der Waals surface area contributed by atoms with Crippen molar-refractivity contribution in [2.75, 3.05) is 0 Å². The summed E-state index contributed by atoms with van der Waals surface area (Å²) >= 11 is 0. The quantitative estimate of drug-likeness (QED) is 0.629. The highest BCUT2D eigenvalue weighted by Crippen LogP contribution is 2.12. The van der Waals surface area contributed by atoms with Gasteiger partial charge in [0.2, 0.25) is 5.91 Å². The summed E-state index contributed by atoms with van der Waals surface area (Å²) in [5.74, 6) is -1.67. The zero-order valence-corrected chi connectivity index (χ0v) is 12.0. The summed E-state index contributed by atoms with van der Waals surface area (Å²) in [7, 11) is 0. The van der Waals surface area contributed by atoms with E-state index in [1.54, 1.807) is 0 Å². The summed E-state index contributed by atoms with van der Waals surface area (Å²) in [6.07, 6.45) is -0.176. The van der Waals surface area contributed by atoms with Gasteiger partial charge in [0.1, 0.15) is 6.10 Å². The number of H-pyrrole nitrogens is 1. The number of aromatic nitrogens is 1. The van der Waals surface area contributed by atoms with Crippen LogP contribution in [0.5, 0.6) is 0 Å². The maximum absolute atomic E-state index is 9.47. The summed E-state index contributed by atoms with van der Waals surface area (Å²) in [5.41, 5.74) is 6.98. The minimum atomic E-state index is -1.23. The first-order valence-electron chi connectivity index (χ1n) is 6.15. The van der Waals surface area contributed by atoms with Crippen LogP contribution in [0.2, 0.25) is 0 Å². The highest BCUT2D eigenvalue weighted by molar-refractivity contribution is 5.85. The molecule has 0 aliphatic carbocycles. The van der Waals surface area contributed by atoms with Crippen LogP contribution >= 0.6 is 0 Å². The topological polar surface area (TPSA) is 116 Å². The Balaban J connectivity index is 0.000000317. The maximum atomic E-state index is 9.47. The van der Waals surface area contributed by atoms with Crippen LogP contribution in [0.4, 0.5) is 0 Å². The molecule has 1 heterocycles. The van der Waals surface area contributed by atoms with Gasteiger partial charge in [-0.1, -0.05) is 24.8 Å². The Morgan fingerprint density at radius 3 is 2.24 bits per heavy atom. The molecule has 5 N–H and O–H groups in total. The van der Waals surface area contributed by atoms with Gasteiger partial charge in [0.15, 0.2) is 0 Å². The largest absolute Gasteiger partial charge is 0.479 e. The minimum Gasteiger partial charge on any atom is -0.479 e. The first-order valence-corrected chi connectivity index (χ1v) is 6.15. The van der Waals surface area contributed by atoms with Crippen LogP contribution in [0.25, 0.3) is 10.9 Å². The van der Waals surface area contributed by atoms with Crippen molar-refractivity contribution in [3.05, 3.63) is 48.7 Å². The smallest absolute Gasteiger partial charge is 0.332 e. The van der Waals surface area contributed by atoms with Crippen LogP contribution in [0.15, 0.2) is 43.0 Å². The van der Waals surface area contributed by atoms with E-state index in [0.29, 0.717) is 0 Å². The molecule has 0 saturated heterocycles. The fourth-order valence-corrected chi connectivity index (χ4v) is 1.22. The first-order chi connectivity index (χ1) is 9.77. The van der Waals surface area contributed by atoms with Crippen LogP contribution in [0.3, 0.4) is 0 Å². The molecule has 0 aliphatic heterocycles. The van der Waals surface area contributed by atoms with Gasteiger partial charge in [0.25, 0.3) is 0 Å². The predicted molar refractivity (Wildman–Crippen MR) is 81.7 cm³/mol. The average molecular weight is 292 g/mol. The molecular weight excluding hydrogens is 272 g/mol. The number of carbonyl (C=O) groups excluding carboxylic acids is 1. The second-order valence-corrected chi connectivity index (χ2v) is 4.16. The van der Waals surface area contributed by atoms with E-state index in [-0.39, 0.29) is 0 Å². The number of benzene rings is 1. The van der Waals surface area contributed by atoms with Crippen molar-refractivity contribution in [2.45, 2.75) is 20.0 Å². The molecule has 6 heteroatoms. The summed E-state index contributed by atoms with van der Waals surface area (Å²) in [5, 5.41) is 17.1. The van der Waals surface area contributed by atoms with Crippen LogP contribution in [-0.4, -0.2) is 33.2 Å². The normalized spacial score (nSPS) is 10.4. The van der Waals surface area contributed by atoms with Gasteiger partial charge in [-0.15, -0.1) is 0 Å². The standard InChI is InChI=1S/C9H9N.C3H5NO.C3H6O3/c1-7-6-8-4-2-3-5-9(8)10-7;1-2-3(4)5;1-2(4)3(5)6/h2-6,10H,1H3;2H,1H2,(H2,4,5);2,4H,1H3,(H,5,6). The number of nitrogens with one attached hydrogen (secondary N) is 1. The number of aryl methyl sites for hydroxylation is 1. The third-order valence-electron chi connectivity index (χ3n) is 2.22. The number of carbonyl (C=O) groups is 2. The predicted octanol–water partition coefficient (Wildman–Crippen LogP) is 1.59. The molecule has 0 fully saturated rings. The lowest BCUT2D eigenvalue weighted by atomic mass is 10.2. The summed E-state index contributed by atoms with van der Waals surface area (Å²) in [6, 6.07) is 10.4. The number of aliphatic hydroxyl groups excluding tert-OH is 1. The molecule has 0 radical (unpaired) electrons. The van der Waals surface area contributed by atoms with E-state index in [1.165, 1.54) is 23.5 Å². The molecule has 1 aromatic heterocycles. The number of aromatic amines is 1. The maximum Gasteiger partial charge on any atom is 0.332 e. The molecule has 1 unspecified atom stereocenters. The van der Waals surface area contributed by atoms with Gasteiger partial charge in [-0.2, -0.15) is 0 Å². The number of fused-ring (bicyclic) bond motifs is 1. The zero-order valence-electron chi connectivity index (χ0n) is 12.0. The van der Waals surface area contributed by atoms with Crippen molar-refractivity contribution in [2.24, 2.45) is 5.73 Å². The van der Waals surface area contributed by atoms with Gasteiger partial charge in [-0.25, -0.2) is 4.79 Å². The molecule has 114 valence electrons. The number of para-hydroxylation sites is 1. The van der Waals surface area contributed by atoms with E-state index in [0.717, 1.165) is 6.08 Å². The molecule has 0 aliphatic rings. The Morgan fingerprint density at radius 1 is 1.38 bits per heavy atom. The molecule has 0 saturated carbocycles. The van der Waals surface area contributed by atoms with Crippen LogP contribution in [0.1, 0.15) is 12.6 Å². The van der Waals surface area contributed by atoms with Gasteiger partial charge in [-0.3, -0.25) is 4.79 Å². The Bertz CT molecular complexity index is 569. The number of rotatable bonds is 2. The monoisotopic (exact) mass is 292 g/mol. The van der Waals surface area contributed by atoms with Crippen molar-refractivity contribution >= 4 is 22.8 Å². The van der Waals surface area contributed by atoms with Crippen molar-refractivity contribution in [1.29, 1.82) is 0 Å². The number of aliphatic carboxylic acids is 1. The van der Waals surface area contributed by atoms with Crippen LogP contribution in [-0.2, 0) is 9.59 Å². The van der Waals surface area contributed by atoms with Crippen molar-refractivity contribution in [3.63, 3.8) is 0 Å². The number of nitrogens with two attached hydrogens (primary N) is 1. The van der Waals surface area contributed by atoms with Gasteiger partial charge in [0.05, 0.1) is 0 Å². The van der Waals surface area contributed by atoms with E-state index < -0.39 is 18.0 Å². The Morgan fingerprint density at radius 2 is 1.86 bits per heavy atom. The highest BCUT2D eigenvalue weighted by atomic mass is 16.4. The third kappa shape index (κ3) is 8.22. The summed E-state index contributed by atoms with van der Waals surface area (Å²) in [6.45, 7) is 6.35. The van der Waals surface area contributed by atoms with Crippen molar-refractivity contribution < 1.29 is 19.8 Å². The molecule has 0 bridgehead atoms. The Kier molecular flexibility index (Phi) is 8.17. The highest BCUT2D eigenvalue weighted by Gasteiger charge is 2.01. The van der Waals surface area contributed by atoms with E-state index in [9.17, 15) is 9.59 Å². The lowest BCUT2D eigenvalue weighted by molar-refractivity contribution is -0.145. The van der Waals surface area contributed by atoms with Gasteiger partial charge >= 0.3 is 5.97 Å². The Labute approximate surface area is 122 Å². The molecular formula is C15H20N2O4. The number of hydrogen-bond acceptors (Lipinski definition) is 3. The van der Waals surface area contributed by atoms with E-state index in [1.807, 2.05) is 6.07 Å².